The second-order valence-electron chi connectivity index (χ2n) is 6.77. The molecule has 30 heavy (non-hydrogen) atoms. The fraction of sp³-hybridized carbons (Fsp3) is 0.174. The zero-order chi connectivity index (χ0) is 20.8. The molecule has 0 aliphatic rings. The van der Waals surface area contributed by atoms with Gasteiger partial charge in [0.15, 0.2) is 0 Å². The largest absolute Gasteiger partial charge is 0.467 e. The van der Waals surface area contributed by atoms with E-state index >= 15 is 0 Å². The van der Waals surface area contributed by atoms with Gasteiger partial charge in [0.1, 0.15) is 11.6 Å². The molecule has 0 saturated carbocycles. The highest BCUT2D eigenvalue weighted by Crippen LogP contribution is 2.20. The predicted molar refractivity (Wildman–Crippen MR) is 109 cm³/mol. The molecular formula is C23H20FN3O3. The molecule has 152 valence electrons. The van der Waals surface area contributed by atoms with E-state index in [2.05, 4.69) is 10.1 Å². The number of amides is 1. The minimum Gasteiger partial charge on any atom is -0.467 e. The summed E-state index contributed by atoms with van der Waals surface area (Å²) in [5, 5.41) is 3.93. The first-order valence-corrected chi connectivity index (χ1v) is 9.65. The van der Waals surface area contributed by atoms with E-state index in [4.69, 9.17) is 8.94 Å². The van der Waals surface area contributed by atoms with Gasteiger partial charge in [0.25, 0.3) is 0 Å². The van der Waals surface area contributed by atoms with E-state index in [9.17, 15) is 9.18 Å². The molecular weight excluding hydrogens is 385 g/mol. The van der Waals surface area contributed by atoms with Crippen molar-refractivity contribution in [2.45, 2.75) is 25.8 Å². The molecule has 0 aliphatic heterocycles. The van der Waals surface area contributed by atoms with Gasteiger partial charge in [-0.2, -0.15) is 4.98 Å². The fourth-order valence-corrected chi connectivity index (χ4v) is 3.09. The third-order valence-electron chi connectivity index (χ3n) is 4.61. The Bertz CT molecular complexity index is 1080. The van der Waals surface area contributed by atoms with Gasteiger partial charge in [0.05, 0.1) is 12.8 Å². The van der Waals surface area contributed by atoms with E-state index in [0.717, 1.165) is 5.69 Å². The molecule has 0 radical (unpaired) electrons. The van der Waals surface area contributed by atoms with Crippen LogP contribution in [-0.2, 0) is 17.8 Å². The molecule has 0 unspecified atom stereocenters. The second kappa shape index (κ2) is 9.17. The monoisotopic (exact) mass is 405 g/mol. The normalized spacial score (nSPS) is 10.8. The smallest absolute Gasteiger partial charge is 0.227 e. The van der Waals surface area contributed by atoms with Gasteiger partial charge < -0.3 is 13.8 Å². The lowest BCUT2D eigenvalue weighted by atomic mass is 10.2. The Morgan fingerprint density at radius 3 is 2.53 bits per heavy atom. The molecule has 0 atom stereocenters. The fourth-order valence-electron chi connectivity index (χ4n) is 3.09. The molecule has 2 aromatic carbocycles. The van der Waals surface area contributed by atoms with Gasteiger partial charge in [-0.3, -0.25) is 4.79 Å². The quantitative estimate of drug-likeness (QED) is 0.411. The number of aromatic nitrogens is 2. The molecule has 0 aliphatic carbocycles. The van der Waals surface area contributed by atoms with Crippen LogP contribution in [0.1, 0.15) is 24.5 Å². The number of rotatable bonds is 8. The molecule has 6 nitrogen and oxygen atoms in total. The Hall–Kier alpha value is -3.74. The van der Waals surface area contributed by atoms with Gasteiger partial charge in [-0.25, -0.2) is 4.39 Å². The lowest BCUT2D eigenvalue weighted by Crippen LogP contribution is -2.30. The van der Waals surface area contributed by atoms with Crippen LogP contribution in [0.25, 0.3) is 11.4 Å². The summed E-state index contributed by atoms with van der Waals surface area (Å²) in [4.78, 5) is 18.9. The van der Waals surface area contributed by atoms with Crippen LogP contribution in [0.5, 0.6) is 0 Å². The molecule has 0 spiro atoms. The highest BCUT2D eigenvalue weighted by Gasteiger charge is 2.18. The molecule has 4 rings (SSSR count). The molecule has 4 aromatic rings. The van der Waals surface area contributed by atoms with Gasteiger partial charge in [-0.15, -0.1) is 0 Å². The summed E-state index contributed by atoms with van der Waals surface area (Å²) in [6.07, 6.45) is 2.95. The summed E-state index contributed by atoms with van der Waals surface area (Å²) in [6, 6.07) is 19.0. The summed E-state index contributed by atoms with van der Waals surface area (Å²) in [6.45, 7) is 0.366. The molecule has 0 fully saturated rings. The topological polar surface area (TPSA) is 72.4 Å². The SMILES string of the molecule is O=C(CCCc1nc(-c2ccc(F)cc2)no1)N(Cc1ccco1)c1ccccc1. The van der Waals surface area contributed by atoms with Crippen molar-refractivity contribution in [3.05, 3.63) is 90.5 Å². The first-order valence-electron chi connectivity index (χ1n) is 9.65. The molecule has 1 amide bonds. The number of hydrogen-bond acceptors (Lipinski definition) is 5. The number of anilines is 1. The highest BCUT2D eigenvalue weighted by molar-refractivity contribution is 5.93. The minimum absolute atomic E-state index is 0.0177. The first kappa shape index (κ1) is 19.6. The third kappa shape index (κ3) is 4.81. The molecule has 0 saturated heterocycles. The maximum absolute atomic E-state index is 13.1. The van der Waals surface area contributed by atoms with Gasteiger partial charge in [-0.05, 0) is 55.0 Å². The third-order valence-corrected chi connectivity index (χ3v) is 4.61. The van der Waals surface area contributed by atoms with Crippen LogP contribution in [0.2, 0.25) is 0 Å². The number of aryl methyl sites for hydroxylation is 1. The van der Waals surface area contributed by atoms with Crippen molar-refractivity contribution in [2.75, 3.05) is 4.90 Å². The highest BCUT2D eigenvalue weighted by atomic mass is 19.1. The standard InChI is InChI=1S/C23H20FN3O3/c24-18-13-11-17(12-14-18)23-25-21(30-26-23)9-4-10-22(28)27(16-20-8-5-15-29-20)19-6-2-1-3-7-19/h1-3,5-8,11-15H,4,9-10,16H2. The average molecular weight is 405 g/mol. The van der Waals surface area contributed by atoms with E-state index in [-0.39, 0.29) is 11.7 Å². The van der Waals surface area contributed by atoms with E-state index in [1.165, 1.54) is 12.1 Å². The summed E-state index contributed by atoms with van der Waals surface area (Å²) >= 11 is 0. The predicted octanol–water partition coefficient (Wildman–Crippen LogP) is 5.02. The number of halogens is 1. The molecule has 2 aromatic heterocycles. The van der Waals surface area contributed by atoms with Crippen molar-refractivity contribution in [1.82, 2.24) is 10.1 Å². The van der Waals surface area contributed by atoms with Crippen LogP contribution in [0, 0.1) is 5.82 Å². The van der Waals surface area contributed by atoms with Gasteiger partial charge in [0, 0.05) is 24.1 Å². The zero-order valence-corrected chi connectivity index (χ0v) is 16.2. The van der Waals surface area contributed by atoms with Crippen molar-refractivity contribution < 1.29 is 18.1 Å². The Labute approximate surface area is 172 Å². The number of para-hydroxylation sites is 1. The zero-order valence-electron chi connectivity index (χ0n) is 16.2. The van der Waals surface area contributed by atoms with Crippen LogP contribution in [0.3, 0.4) is 0 Å². The van der Waals surface area contributed by atoms with Crippen molar-refractivity contribution in [3.8, 4) is 11.4 Å². The Morgan fingerprint density at radius 2 is 1.80 bits per heavy atom. The Kier molecular flexibility index (Phi) is 5.98. The van der Waals surface area contributed by atoms with Crippen LogP contribution < -0.4 is 4.90 Å². The average Bonchev–Trinajstić information content (AvgIpc) is 3.45. The molecule has 7 heteroatoms. The van der Waals surface area contributed by atoms with Gasteiger partial charge in [0.2, 0.25) is 17.6 Å². The van der Waals surface area contributed by atoms with E-state index in [1.807, 2.05) is 36.4 Å². The number of carbonyl (C=O) groups is 1. The summed E-state index contributed by atoms with van der Waals surface area (Å²) in [7, 11) is 0. The molecule has 0 N–H and O–H groups in total. The first-order chi connectivity index (χ1) is 14.7. The second-order valence-corrected chi connectivity index (χ2v) is 6.77. The van der Waals surface area contributed by atoms with Crippen LogP contribution in [-0.4, -0.2) is 16.0 Å². The van der Waals surface area contributed by atoms with E-state index < -0.39 is 0 Å². The van der Waals surface area contributed by atoms with Crippen LogP contribution in [0.4, 0.5) is 10.1 Å². The van der Waals surface area contributed by atoms with Crippen LogP contribution in [0.15, 0.2) is 81.9 Å². The summed E-state index contributed by atoms with van der Waals surface area (Å²) < 4.78 is 23.7. The van der Waals surface area contributed by atoms with Gasteiger partial charge in [-0.1, -0.05) is 23.4 Å². The van der Waals surface area contributed by atoms with Gasteiger partial charge >= 0.3 is 0 Å². The number of carbonyl (C=O) groups excluding carboxylic acids is 1. The molecule has 2 heterocycles. The van der Waals surface area contributed by atoms with E-state index in [1.54, 1.807) is 29.4 Å². The number of benzene rings is 2. The lowest BCUT2D eigenvalue weighted by Gasteiger charge is -2.21. The summed E-state index contributed by atoms with van der Waals surface area (Å²) in [5.41, 5.74) is 1.49. The Balaban J connectivity index is 1.37. The van der Waals surface area contributed by atoms with Crippen molar-refractivity contribution >= 4 is 11.6 Å². The van der Waals surface area contributed by atoms with Crippen molar-refractivity contribution in [2.24, 2.45) is 0 Å². The minimum atomic E-state index is -0.321. The summed E-state index contributed by atoms with van der Waals surface area (Å²) in [5.74, 6) is 1.22. The van der Waals surface area contributed by atoms with Crippen LogP contribution >= 0.6 is 0 Å². The number of furan rings is 1. The van der Waals surface area contributed by atoms with E-state index in [0.29, 0.717) is 48.8 Å². The number of hydrogen-bond donors (Lipinski definition) is 0. The van der Waals surface area contributed by atoms with Crippen molar-refractivity contribution in [1.29, 1.82) is 0 Å². The molecule has 0 bridgehead atoms. The number of nitrogens with zero attached hydrogens (tertiary/aromatic N) is 3. The lowest BCUT2D eigenvalue weighted by molar-refractivity contribution is -0.118. The Morgan fingerprint density at radius 1 is 1.00 bits per heavy atom. The van der Waals surface area contributed by atoms with Crippen molar-refractivity contribution in [3.63, 3.8) is 0 Å². The maximum Gasteiger partial charge on any atom is 0.227 e. The maximum atomic E-state index is 13.1.